The lowest BCUT2D eigenvalue weighted by Gasteiger charge is -2.10. The summed E-state index contributed by atoms with van der Waals surface area (Å²) in [6.45, 7) is 11.4. The van der Waals surface area contributed by atoms with Crippen LogP contribution in [0.2, 0.25) is 0 Å². The molecule has 1 atom stereocenters. The lowest BCUT2D eigenvalue weighted by atomic mass is 9.98. The van der Waals surface area contributed by atoms with E-state index >= 15 is 0 Å². The molecule has 0 saturated heterocycles. The summed E-state index contributed by atoms with van der Waals surface area (Å²) in [6.07, 6.45) is 2.73. The summed E-state index contributed by atoms with van der Waals surface area (Å²) in [5.41, 5.74) is 0.699. The summed E-state index contributed by atoms with van der Waals surface area (Å²) in [5, 5.41) is 3.17. The van der Waals surface area contributed by atoms with E-state index in [9.17, 15) is 4.79 Å². The second-order valence-electron chi connectivity index (χ2n) is 6.17. The zero-order valence-corrected chi connectivity index (χ0v) is 15.9. The predicted molar refractivity (Wildman–Crippen MR) is 99.2 cm³/mol. The van der Waals surface area contributed by atoms with Crippen LogP contribution in [0.15, 0.2) is 18.3 Å². The molecule has 1 heterocycles. The Balaban J connectivity index is 2.13. The van der Waals surface area contributed by atoms with E-state index < -0.39 is 0 Å². The summed E-state index contributed by atoms with van der Waals surface area (Å²) in [5.74, 6) is 0.882. The average Bonchev–Trinajstić information content (AvgIpc) is 2.62. The van der Waals surface area contributed by atoms with E-state index in [-0.39, 0.29) is 17.8 Å². The predicted octanol–water partition coefficient (Wildman–Crippen LogP) is 3.18. The van der Waals surface area contributed by atoms with Crippen molar-refractivity contribution >= 4 is 11.6 Å². The van der Waals surface area contributed by atoms with Crippen molar-refractivity contribution in [2.75, 3.05) is 44.9 Å². The molecule has 6 heteroatoms. The molecule has 0 bridgehead atoms. The van der Waals surface area contributed by atoms with Crippen molar-refractivity contribution in [1.82, 2.24) is 4.98 Å². The molecule has 142 valence electrons. The number of carbonyl (C=O) groups is 1. The summed E-state index contributed by atoms with van der Waals surface area (Å²) in [6, 6.07) is 3.56. The Morgan fingerprint density at radius 1 is 1.12 bits per heavy atom. The maximum absolute atomic E-state index is 12.2. The summed E-state index contributed by atoms with van der Waals surface area (Å²) < 4.78 is 16.3. The van der Waals surface area contributed by atoms with Crippen molar-refractivity contribution in [2.45, 2.75) is 40.2 Å². The Labute approximate surface area is 151 Å². The maximum atomic E-state index is 12.2. The Bertz CT molecular complexity index is 494. The molecule has 25 heavy (non-hydrogen) atoms. The second-order valence-corrected chi connectivity index (χ2v) is 6.17. The highest BCUT2D eigenvalue weighted by Gasteiger charge is 2.13. The monoisotopic (exact) mass is 352 g/mol. The van der Waals surface area contributed by atoms with Gasteiger partial charge in [0.05, 0.1) is 39.1 Å². The summed E-state index contributed by atoms with van der Waals surface area (Å²) in [7, 11) is 0. The van der Waals surface area contributed by atoms with Crippen LogP contribution >= 0.6 is 0 Å². The summed E-state index contributed by atoms with van der Waals surface area (Å²) in [4.78, 5) is 16.4. The Morgan fingerprint density at radius 2 is 1.80 bits per heavy atom. The lowest BCUT2D eigenvalue weighted by molar-refractivity contribution is -0.000248. The molecule has 0 amide bonds. The molecule has 0 spiro atoms. The third kappa shape index (κ3) is 9.53. The number of rotatable bonds is 14. The molecule has 6 nitrogen and oxygen atoms in total. The molecule has 1 N–H and O–H groups in total. The number of ketones is 1. The van der Waals surface area contributed by atoms with Gasteiger partial charge in [0.25, 0.3) is 0 Å². The first-order valence-corrected chi connectivity index (χ1v) is 9.05. The minimum atomic E-state index is 0.0320. The SMILES string of the molecule is CCC(C)C(=O)c1ccnc(NCCOCCOCCOC(C)C)c1. The van der Waals surface area contributed by atoms with Gasteiger partial charge in [0.2, 0.25) is 0 Å². The quantitative estimate of drug-likeness (QED) is 0.410. The van der Waals surface area contributed by atoms with Gasteiger partial charge in [-0.05, 0) is 32.4 Å². The van der Waals surface area contributed by atoms with E-state index in [1.807, 2.05) is 27.7 Å². The molecule has 1 aromatic heterocycles. The third-order valence-corrected chi connectivity index (χ3v) is 3.71. The van der Waals surface area contributed by atoms with E-state index in [2.05, 4.69) is 10.3 Å². The Hall–Kier alpha value is -1.50. The van der Waals surface area contributed by atoms with Gasteiger partial charge in [-0.25, -0.2) is 4.98 Å². The Kier molecular flexibility index (Phi) is 11.0. The van der Waals surface area contributed by atoms with Crippen LogP contribution in [0.5, 0.6) is 0 Å². The number of ether oxygens (including phenoxy) is 3. The number of anilines is 1. The van der Waals surface area contributed by atoms with Crippen molar-refractivity contribution in [3.63, 3.8) is 0 Å². The van der Waals surface area contributed by atoms with E-state index in [0.717, 1.165) is 6.42 Å². The molecule has 0 saturated carbocycles. The molecule has 1 aromatic rings. The smallest absolute Gasteiger partial charge is 0.165 e. The normalized spacial score (nSPS) is 12.4. The number of nitrogens with zero attached hydrogens (tertiary/aromatic N) is 1. The minimum Gasteiger partial charge on any atom is -0.377 e. The first-order chi connectivity index (χ1) is 12.0. The first kappa shape index (κ1) is 21.5. The van der Waals surface area contributed by atoms with Crippen LogP contribution < -0.4 is 5.32 Å². The summed E-state index contributed by atoms with van der Waals surface area (Å²) >= 11 is 0. The van der Waals surface area contributed by atoms with Gasteiger partial charge in [-0.3, -0.25) is 4.79 Å². The Morgan fingerprint density at radius 3 is 2.48 bits per heavy atom. The average molecular weight is 352 g/mol. The van der Waals surface area contributed by atoms with Crippen LogP contribution in [0, 0.1) is 5.92 Å². The third-order valence-electron chi connectivity index (χ3n) is 3.71. The number of carbonyl (C=O) groups excluding carboxylic acids is 1. The molecule has 0 radical (unpaired) electrons. The highest BCUT2D eigenvalue weighted by molar-refractivity contribution is 5.98. The molecule has 0 aromatic carbocycles. The minimum absolute atomic E-state index is 0.0320. The fraction of sp³-hybridized carbons (Fsp3) is 0.684. The van der Waals surface area contributed by atoms with Crippen molar-refractivity contribution in [3.8, 4) is 0 Å². The zero-order valence-electron chi connectivity index (χ0n) is 15.9. The maximum Gasteiger partial charge on any atom is 0.165 e. The number of hydrogen-bond donors (Lipinski definition) is 1. The standard InChI is InChI=1S/C19H32N2O4/c1-5-16(4)19(22)17-6-7-20-18(14-17)21-8-9-23-10-11-24-12-13-25-15(2)3/h6-7,14-16H,5,8-13H2,1-4H3,(H,20,21). The van der Waals surface area contributed by atoms with Crippen LogP contribution in [0.1, 0.15) is 44.5 Å². The largest absolute Gasteiger partial charge is 0.377 e. The van der Waals surface area contributed by atoms with Gasteiger partial charge < -0.3 is 19.5 Å². The van der Waals surface area contributed by atoms with Crippen molar-refractivity contribution in [1.29, 1.82) is 0 Å². The van der Waals surface area contributed by atoms with Crippen molar-refractivity contribution in [3.05, 3.63) is 23.9 Å². The van der Waals surface area contributed by atoms with E-state index in [0.29, 0.717) is 51.0 Å². The van der Waals surface area contributed by atoms with Crippen LogP contribution in [0.3, 0.4) is 0 Å². The van der Waals surface area contributed by atoms with Crippen LogP contribution in [0.25, 0.3) is 0 Å². The van der Waals surface area contributed by atoms with Crippen molar-refractivity contribution < 1.29 is 19.0 Å². The molecule has 0 aliphatic heterocycles. The molecule has 1 unspecified atom stereocenters. The fourth-order valence-corrected chi connectivity index (χ4v) is 2.07. The topological polar surface area (TPSA) is 69.7 Å². The van der Waals surface area contributed by atoms with E-state index in [1.165, 1.54) is 0 Å². The van der Waals surface area contributed by atoms with Gasteiger partial charge in [-0.1, -0.05) is 13.8 Å². The van der Waals surface area contributed by atoms with Crippen LogP contribution in [-0.2, 0) is 14.2 Å². The highest BCUT2D eigenvalue weighted by Crippen LogP contribution is 2.14. The number of pyridine rings is 1. The number of aromatic nitrogens is 1. The van der Waals surface area contributed by atoms with E-state index in [1.54, 1.807) is 18.3 Å². The van der Waals surface area contributed by atoms with Gasteiger partial charge in [-0.15, -0.1) is 0 Å². The van der Waals surface area contributed by atoms with Gasteiger partial charge >= 0.3 is 0 Å². The molecular weight excluding hydrogens is 320 g/mol. The second kappa shape index (κ2) is 12.8. The number of Topliss-reactive ketones (excluding diaryl/α,β-unsaturated/α-hetero) is 1. The lowest BCUT2D eigenvalue weighted by Crippen LogP contribution is -2.15. The molecular formula is C19H32N2O4. The van der Waals surface area contributed by atoms with Gasteiger partial charge in [-0.2, -0.15) is 0 Å². The van der Waals surface area contributed by atoms with Gasteiger partial charge in [0.15, 0.2) is 5.78 Å². The first-order valence-electron chi connectivity index (χ1n) is 9.05. The van der Waals surface area contributed by atoms with Crippen LogP contribution in [0.4, 0.5) is 5.82 Å². The number of nitrogens with one attached hydrogen (secondary N) is 1. The fourth-order valence-electron chi connectivity index (χ4n) is 2.07. The van der Waals surface area contributed by atoms with Gasteiger partial charge in [0, 0.05) is 24.2 Å². The van der Waals surface area contributed by atoms with E-state index in [4.69, 9.17) is 14.2 Å². The number of hydrogen-bond acceptors (Lipinski definition) is 6. The molecule has 1 rings (SSSR count). The molecule has 0 aliphatic carbocycles. The van der Waals surface area contributed by atoms with Gasteiger partial charge in [0.1, 0.15) is 5.82 Å². The van der Waals surface area contributed by atoms with Crippen molar-refractivity contribution in [2.24, 2.45) is 5.92 Å². The van der Waals surface area contributed by atoms with Crippen LogP contribution in [-0.4, -0.2) is 56.5 Å². The molecule has 0 aliphatic rings. The zero-order chi connectivity index (χ0) is 18.5. The highest BCUT2D eigenvalue weighted by atomic mass is 16.5. The molecule has 0 fully saturated rings.